The molecule has 0 aliphatic carbocycles. The van der Waals surface area contributed by atoms with Crippen LogP contribution in [0.15, 0.2) is 58.1 Å². The highest BCUT2D eigenvalue weighted by Gasteiger charge is 2.41. The normalized spacial score (nSPS) is 20.7. The molecular formula is C21H22BrN5O2. The Labute approximate surface area is 177 Å². The van der Waals surface area contributed by atoms with Crippen molar-refractivity contribution >= 4 is 34.1 Å². The average Bonchev–Trinajstić information content (AvgIpc) is 3.15. The van der Waals surface area contributed by atoms with Crippen LogP contribution in [0.1, 0.15) is 29.2 Å². The second-order valence-electron chi connectivity index (χ2n) is 7.28. The van der Waals surface area contributed by atoms with Crippen molar-refractivity contribution in [3.05, 3.63) is 69.7 Å². The Morgan fingerprint density at radius 3 is 2.66 bits per heavy atom. The van der Waals surface area contributed by atoms with Crippen LogP contribution in [-0.2, 0) is 16.1 Å². The summed E-state index contributed by atoms with van der Waals surface area (Å²) in [5.41, 5.74) is 6.59. The molecule has 150 valence electrons. The van der Waals surface area contributed by atoms with Crippen molar-refractivity contribution in [1.82, 2.24) is 20.8 Å². The Kier molecular flexibility index (Phi) is 5.64. The van der Waals surface area contributed by atoms with Crippen LogP contribution in [0, 0.1) is 6.92 Å². The Morgan fingerprint density at radius 2 is 1.93 bits per heavy atom. The summed E-state index contributed by atoms with van der Waals surface area (Å²) in [7, 11) is 0. The van der Waals surface area contributed by atoms with Gasteiger partial charge in [0.25, 0.3) is 5.91 Å². The lowest BCUT2D eigenvalue weighted by Crippen LogP contribution is -2.52. The molecular weight excluding hydrogens is 434 g/mol. The molecule has 2 heterocycles. The van der Waals surface area contributed by atoms with Gasteiger partial charge in [-0.1, -0.05) is 57.9 Å². The summed E-state index contributed by atoms with van der Waals surface area (Å²) < 4.78 is 1.01. The summed E-state index contributed by atoms with van der Waals surface area (Å²) in [4.78, 5) is 25.1. The first-order chi connectivity index (χ1) is 14.0. The van der Waals surface area contributed by atoms with Crippen LogP contribution >= 0.6 is 15.9 Å². The van der Waals surface area contributed by atoms with Gasteiger partial charge in [-0.2, -0.15) is 5.10 Å². The van der Waals surface area contributed by atoms with E-state index in [1.54, 1.807) is 11.3 Å². The summed E-state index contributed by atoms with van der Waals surface area (Å²) >= 11 is 3.44. The average molecular weight is 456 g/mol. The predicted molar refractivity (Wildman–Crippen MR) is 113 cm³/mol. The molecule has 0 saturated carbocycles. The van der Waals surface area contributed by atoms with Crippen LogP contribution in [0.3, 0.4) is 0 Å². The van der Waals surface area contributed by atoms with Crippen molar-refractivity contribution in [2.24, 2.45) is 5.10 Å². The summed E-state index contributed by atoms with van der Waals surface area (Å²) in [5.74, 6) is -0.412. The number of amides is 2. The highest BCUT2D eigenvalue weighted by Crippen LogP contribution is 2.30. The molecule has 0 spiro atoms. The maximum Gasteiger partial charge on any atom is 0.267 e. The number of nitrogens with zero attached hydrogens (tertiary/aromatic N) is 3. The molecule has 2 amide bonds. The van der Waals surface area contributed by atoms with E-state index in [4.69, 9.17) is 0 Å². The molecule has 2 unspecified atom stereocenters. The molecule has 2 aromatic rings. The van der Waals surface area contributed by atoms with Gasteiger partial charge in [-0.05, 0) is 36.6 Å². The molecule has 7 nitrogen and oxygen atoms in total. The monoisotopic (exact) mass is 455 g/mol. The molecule has 2 atom stereocenters. The zero-order valence-electron chi connectivity index (χ0n) is 16.0. The second kappa shape index (κ2) is 8.34. The number of hydrogen-bond donors (Lipinski definition) is 2. The number of carbonyl (C=O) groups excluding carboxylic acids is 2. The van der Waals surface area contributed by atoms with Gasteiger partial charge in [0.1, 0.15) is 18.9 Å². The smallest absolute Gasteiger partial charge is 0.267 e. The minimum atomic E-state index is -0.369. The number of halogens is 1. The van der Waals surface area contributed by atoms with E-state index >= 15 is 0 Å². The van der Waals surface area contributed by atoms with E-state index in [1.807, 2.05) is 55.5 Å². The van der Waals surface area contributed by atoms with Crippen LogP contribution in [0.4, 0.5) is 0 Å². The minimum absolute atomic E-state index is 0.0267. The fourth-order valence-corrected chi connectivity index (χ4v) is 3.73. The summed E-state index contributed by atoms with van der Waals surface area (Å²) in [6.45, 7) is 2.35. The van der Waals surface area contributed by atoms with E-state index in [9.17, 15) is 9.59 Å². The van der Waals surface area contributed by atoms with Crippen LogP contribution in [-0.4, -0.2) is 40.8 Å². The summed E-state index contributed by atoms with van der Waals surface area (Å²) in [6.07, 6.45) is 2.20. The number of fused-ring (bicyclic) bond motifs is 1. The highest BCUT2D eigenvalue weighted by molar-refractivity contribution is 9.10. The number of carbonyl (C=O) groups is 2. The van der Waals surface area contributed by atoms with E-state index < -0.39 is 0 Å². The van der Waals surface area contributed by atoms with Gasteiger partial charge in [0.2, 0.25) is 5.91 Å². The largest absolute Gasteiger partial charge is 0.350 e. The van der Waals surface area contributed by atoms with Crippen molar-refractivity contribution in [1.29, 1.82) is 0 Å². The van der Waals surface area contributed by atoms with Gasteiger partial charge in [0, 0.05) is 11.0 Å². The predicted octanol–water partition coefficient (Wildman–Crippen LogP) is 2.48. The highest BCUT2D eigenvalue weighted by atomic mass is 79.9. The lowest BCUT2D eigenvalue weighted by Gasteiger charge is -2.29. The second-order valence-corrected chi connectivity index (χ2v) is 8.20. The number of aryl methyl sites for hydroxylation is 1. The van der Waals surface area contributed by atoms with Crippen LogP contribution in [0.5, 0.6) is 0 Å². The molecule has 2 aromatic carbocycles. The zero-order chi connectivity index (χ0) is 20.4. The quantitative estimate of drug-likeness (QED) is 0.725. The van der Waals surface area contributed by atoms with Crippen LogP contribution in [0.2, 0.25) is 0 Å². The molecule has 0 aromatic heterocycles. The molecule has 4 rings (SSSR count). The SMILES string of the molecule is Cc1ccc(CNC(=O)CN2N=CN3NC(c4ccc(Br)cc4)CC3C2=O)cc1. The fraction of sp³-hybridized carbons (Fsp3) is 0.286. The number of benzene rings is 2. The van der Waals surface area contributed by atoms with Gasteiger partial charge in [0.05, 0.1) is 6.04 Å². The third-order valence-corrected chi connectivity index (χ3v) is 5.66. The van der Waals surface area contributed by atoms with E-state index in [1.165, 1.54) is 10.6 Å². The van der Waals surface area contributed by atoms with Gasteiger partial charge in [0.15, 0.2) is 0 Å². The van der Waals surface area contributed by atoms with Crippen LogP contribution < -0.4 is 10.7 Å². The first-order valence-electron chi connectivity index (χ1n) is 9.47. The topological polar surface area (TPSA) is 77.0 Å². The van der Waals surface area contributed by atoms with Crippen molar-refractivity contribution in [2.45, 2.75) is 32.0 Å². The van der Waals surface area contributed by atoms with E-state index in [2.05, 4.69) is 31.8 Å². The number of hydrogen-bond acceptors (Lipinski definition) is 5. The van der Waals surface area contributed by atoms with E-state index in [0.717, 1.165) is 15.6 Å². The van der Waals surface area contributed by atoms with Crippen molar-refractivity contribution in [3.8, 4) is 0 Å². The lowest BCUT2D eigenvalue weighted by atomic mass is 10.0. The minimum Gasteiger partial charge on any atom is -0.350 e. The molecule has 2 aliphatic rings. The molecule has 0 radical (unpaired) electrons. The maximum absolute atomic E-state index is 12.8. The summed E-state index contributed by atoms with van der Waals surface area (Å²) in [5, 5.41) is 9.98. The van der Waals surface area contributed by atoms with E-state index in [-0.39, 0.29) is 30.4 Å². The fourth-order valence-electron chi connectivity index (χ4n) is 3.46. The molecule has 1 fully saturated rings. The van der Waals surface area contributed by atoms with Crippen molar-refractivity contribution in [3.63, 3.8) is 0 Å². The maximum atomic E-state index is 12.8. The van der Waals surface area contributed by atoms with Gasteiger partial charge in [-0.3, -0.25) is 14.6 Å². The Hall–Kier alpha value is -2.71. The van der Waals surface area contributed by atoms with Crippen molar-refractivity contribution < 1.29 is 9.59 Å². The Morgan fingerprint density at radius 1 is 1.21 bits per heavy atom. The number of hydrazone groups is 1. The Bertz CT molecular complexity index is 929. The van der Waals surface area contributed by atoms with Gasteiger partial charge in [-0.25, -0.2) is 10.4 Å². The third-order valence-electron chi connectivity index (χ3n) is 5.13. The lowest BCUT2D eigenvalue weighted by molar-refractivity contribution is -0.140. The van der Waals surface area contributed by atoms with E-state index in [0.29, 0.717) is 13.0 Å². The molecule has 2 N–H and O–H groups in total. The number of rotatable bonds is 5. The first kappa shape index (κ1) is 19.6. The molecule has 2 aliphatic heterocycles. The Balaban J connectivity index is 1.33. The molecule has 8 heteroatoms. The molecule has 0 bridgehead atoms. The first-order valence-corrected chi connectivity index (χ1v) is 10.3. The van der Waals surface area contributed by atoms with Crippen molar-refractivity contribution in [2.75, 3.05) is 6.54 Å². The van der Waals surface area contributed by atoms with Gasteiger partial charge < -0.3 is 5.32 Å². The summed E-state index contributed by atoms with van der Waals surface area (Å²) in [6, 6.07) is 15.6. The standard InChI is InChI=1S/C21H22BrN5O2/c1-14-2-4-15(5-3-14)11-23-20(28)12-26-21(29)19-10-18(25-27(19)13-24-26)16-6-8-17(22)9-7-16/h2-9,13,18-19,25H,10-12H2,1H3,(H,23,28). The third kappa shape index (κ3) is 4.49. The van der Waals surface area contributed by atoms with Gasteiger partial charge >= 0.3 is 0 Å². The van der Waals surface area contributed by atoms with Crippen LogP contribution in [0.25, 0.3) is 0 Å². The van der Waals surface area contributed by atoms with Gasteiger partial charge in [-0.15, -0.1) is 0 Å². The molecule has 1 saturated heterocycles. The number of hydrazine groups is 1. The zero-order valence-corrected chi connectivity index (χ0v) is 17.6. The molecule has 29 heavy (non-hydrogen) atoms. The number of nitrogens with one attached hydrogen (secondary N) is 2.